The number of aliphatic hydroxyl groups is 1. The van der Waals surface area contributed by atoms with Gasteiger partial charge < -0.3 is 5.11 Å². The smallest absolute Gasteiger partial charge is 0.169 e. The minimum Gasteiger partial charge on any atom is -0.372 e. The molecular weight excluding hydrogens is 222 g/mol. The molecule has 1 saturated carbocycles. The van der Waals surface area contributed by atoms with Crippen LogP contribution in [0.25, 0.3) is 0 Å². The molecule has 1 aliphatic carbocycles. The molecule has 3 heteroatoms. The summed E-state index contributed by atoms with van der Waals surface area (Å²) in [6.07, 6.45) is 6.64. The van der Waals surface area contributed by atoms with Gasteiger partial charge in [-0.15, -0.1) is 6.42 Å². The van der Waals surface area contributed by atoms with Crippen LogP contribution in [-0.4, -0.2) is 5.11 Å². The molecule has 1 aliphatic rings. The monoisotopic (exact) mass is 231 g/mol. The standard InChI is InChI=1S/C13H10ClNO/c1-2-13(16,12(9-15)6-7-12)10-4-3-5-11(14)8-10/h1,3-5,8,16H,6-7H2/t13-/m1/s1. The van der Waals surface area contributed by atoms with Gasteiger partial charge in [-0.05, 0) is 30.5 Å². The lowest BCUT2D eigenvalue weighted by Crippen LogP contribution is -2.34. The predicted molar refractivity (Wildman–Crippen MR) is 61.5 cm³/mol. The van der Waals surface area contributed by atoms with E-state index in [4.69, 9.17) is 23.3 Å². The Balaban J connectivity index is 2.53. The third-order valence-electron chi connectivity index (χ3n) is 3.11. The Morgan fingerprint density at radius 1 is 1.50 bits per heavy atom. The van der Waals surface area contributed by atoms with Gasteiger partial charge in [0.25, 0.3) is 0 Å². The van der Waals surface area contributed by atoms with Gasteiger partial charge in [-0.3, -0.25) is 0 Å². The molecule has 0 saturated heterocycles. The summed E-state index contributed by atoms with van der Waals surface area (Å²) >= 11 is 5.86. The van der Waals surface area contributed by atoms with Gasteiger partial charge >= 0.3 is 0 Å². The molecule has 0 aromatic heterocycles. The van der Waals surface area contributed by atoms with Crippen molar-refractivity contribution in [3.8, 4) is 18.4 Å². The Labute approximate surface area is 99.5 Å². The molecular formula is C13H10ClNO. The molecule has 80 valence electrons. The molecule has 0 unspecified atom stereocenters. The predicted octanol–water partition coefficient (Wildman–Crippen LogP) is 2.46. The van der Waals surface area contributed by atoms with E-state index in [0.29, 0.717) is 23.4 Å². The maximum absolute atomic E-state index is 10.5. The zero-order valence-corrected chi connectivity index (χ0v) is 9.33. The van der Waals surface area contributed by atoms with Crippen molar-refractivity contribution in [3.63, 3.8) is 0 Å². The number of hydrogen-bond donors (Lipinski definition) is 1. The van der Waals surface area contributed by atoms with Crippen molar-refractivity contribution in [3.05, 3.63) is 34.9 Å². The van der Waals surface area contributed by atoms with E-state index in [0.717, 1.165) is 0 Å². The van der Waals surface area contributed by atoms with E-state index in [9.17, 15) is 5.11 Å². The van der Waals surface area contributed by atoms with E-state index < -0.39 is 11.0 Å². The van der Waals surface area contributed by atoms with Crippen molar-refractivity contribution < 1.29 is 5.11 Å². The minimum atomic E-state index is -1.54. The second-order valence-electron chi connectivity index (χ2n) is 4.06. The highest BCUT2D eigenvalue weighted by molar-refractivity contribution is 6.30. The van der Waals surface area contributed by atoms with Crippen LogP contribution in [0.15, 0.2) is 24.3 Å². The van der Waals surface area contributed by atoms with Crippen LogP contribution >= 0.6 is 11.6 Å². The first-order valence-corrected chi connectivity index (χ1v) is 5.33. The van der Waals surface area contributed by atoms with Crippen molar-refractivity contribution in [1.82, 2.24) is 0 Å². The first kappa shape index (κ1) is 11.0. The van der Waals surface area contributed by atoms with Crippen LogP contribution in [0.3, 0.4) is 0 Å². The lowest BCUT2D eigenvalue weighted by atomic mass is 9.80. The Bertz CT molecular complexity index is 507. The van der Waals surface area contributed by atoms with Crippen LogP contribution in [0.2, 0.25) is 5.02 Å². The van der Waals surface area contributed by atoms with Gasteiger partial charge in [0.15, 0.2) is 5.60 Å². The van der Waals surface area contributed by atoms with Gasteiger partial charge in [0.2, 0.25) is 0 Å². The van der Waals surface area contributed by atoms with Crippen LogP contribution in [0, 0.1) is 29.1 Å². The average molecular weight is 232 g/mol. The minimum absolute atomic E-state index is 0.500. The maximum atomic E-state index is 10.5. The number of benzene rings is 1. The lowest BCUT2D eigenvalue weighted by Gasteiger charge is -2.27. The number of halogens is 1. The highest BCUT2D eigenvalue weighted by atomic mass is 35.5. The molecule has 0 aliphatic heterocycles. The summed E-state index contributed by atoms with van der Waals surface area (Å²) in [6.45, 7) is 0. The second-order valence-corrected chi connectivity index (χ2v) is 4.50. The zero-order chi connectivity index (χ0) is 11.8. The Morgan fingerprint density at radius 2 is 2.19 bits per heavy atom. The van der Waals surface area contributed by atoms with E-state index in [-0.39, 0.29) is 0 Å². The van der Waals surface area contributed by atoms with Crippen LogP contribution in [0.1, 0.15) is 18.4 Å². The van der Waals surface area contributed by atoms with E-state index in [1.54, 1.807) is 24.3 Å². The zero-order valence-electron chi connectivity index (χ0n) is 8.57. The summed E-state index contributed by atoms with van der Waals surface area (Å²) in [7, 11) is 0. The van der Waals surface area contributed by atoms with Crippen LogP contribution in [-0.2, 0) is 5.60 Å². The fourth-order valence-electron chi connectivity index (χ4n) is 1.89. The van der Waals surface area contributed by atoms with Gasteiger partial charge in [0.05, 0.1) is 6.07 Å². The molecule has 0 bridgehead atoms. The Morgan fingerprint density at radius 3 is 2.62 bits per heavy atom. The topological polar surface area (TPSA) is 44.0 Å². The van der Waals surface area contributed by atoms with E-state index in [2.05, 4.69) is 12.0 Å². The Hall–Kier alpha value is -1.48. The summed E-state index contributed by atoms with van der Waals surface area (Å²) in [5, 5.41) is 20.1. The SMILES string of the molecule is C#C[C@@](O)(c1cccc(Cl)c1)C1(C#N)CC1. The lowest BCUT2D eigenvalue weighted by molar-refractivity contribution is 0.0458. The molecule has 1 atom stereocenters. The van der Waals surface area contributed by atoms with Crippen molar-refractivity contribution in [2.75, 3.05) is 0 Å². The Kier molecular flexibility index (Phi) is 2.43. The van der Waals surface area contributed by atoms with Crippen molar-refractivity contribution in [2.24, 2.45) is 5.41 Å². The van der Waals surface area contributed by atoms with Crippen LogP contribution < -0.4 is 0 Å². The van der Waals surface area contributed by atoms with E-state index >= 15 is 0 Å². The van der Waals surface area contributed by atoms with Gasteiger partial charge in [-0.2, -0.15) is 5.26 Å². The summed E-state index contributed by atoms with van der Waals surface area (Å²) in [4.78, 5) is 0. The van der Waals surface area contributed by atoms with E-state index in [1.807, 2.05) is 0 Å². The van der Waals surface area contributed by atoms with Gasteiger partial charge in [0.1, 0.15) is 5.41 Å². The number of rotatable bonds is 2. The number of nitrogens with zero attached hydrogens (tertiary/aromatic N) is 1. The first-order valence-electron chi connectivity index (χ1n) is 4.95. The van der Waals surface area contributed by atoms with Crippen molar-refractivity contribution in [2.45, 2.75) is 18.4 Å². The summed E-state index contributed by atoms with van der Waals surface area (Å²) < 4.78 is 0. The fraction of sp³-hybridized carbons (Fsp3) is 0.308. The first-order chi connectivity index (χ1) is 7.58. The molecule has 1 aromatic carbocycles. The summed E-state index contributed by atoms with van der Waals surface area (Å²) in [5.74, 6) is 2.35. The summed E-state index contributed by atoms with van der Waals surface area (Å²) in [6, 6.07) is 8.85. The molecule has 16 heavy (non-hydrogen) atoms. The van der Waals surface area contributed by atoms with Crippen molar-refractivity contribution in [1.29, 1.82) is 5.26 Å². The molecule has 2 nitrogen and oxygen atoms in total. The number of terminal acetylenes is 1. The quantitative estimate of drug-likeness (QED) is 0.795. The number of hydrogen-bond acceptors (Lipinski definition) is 2. The average Bonchev–Trinajstić information content (AvgIpc) is 3.09. The molecule has 0 radical (unpaired) electrons. The van der Waals surface area contributed by atoms with Gasteiger partial charge in [-0.25, -0.2) is 0 Å². The second kappa shape index (κ2) is 3.52. The van der Waals surface area contributed by atoms with E-state index in [1.165, 1.54) is 0 Å². The van der Waals surface area contributed by atoms with Crippen molar-refractivity contribution >= 4 is 11.6 Å². The fourth-order valence-corrected chi connectivity index (χ4v) is 2.08. The number of nitriles is 1. The highest BCUT2D eigenvalue weighted by Gasteiger charge is 2.60. The normalized spacial score (nSPS) is 20.2. The van der Waals surface area contributed by atoms with Gasteiger partial charge in [0, 0.05) is 5.02 Å². The molecule has 1 aromatic rings. The van der Waals surface area contributed by atoms with Crippen LogP contribution in [0.5, 0.6) is 0 Å². The largest absolute Gasteiger partial charge is 0.372 e. The highest BCUT2D eigenvalue weighted by Crippen LogP contribution is 2.57. The van der Waals surface area contributed by atoms with Gasteiger partial charge in [-0.1, -0.05) is 29.7 Å². The molecule has 0 heterocycles. The molecule has 2 rings (SSSR count). The third kappa shape index (κ3) is 1.39. The third-order valence-corrected chi connectivity index (χ3v) is 3.34. The van der Waals surface area contributed by atoms with Crippen LogP contribution in [0.4, 0.5) is 0 Å². The molecule has 0 amide bonds. The maximum Gasteiger partial charge on any atom is 0.169 e. The molecule has 0 spiro atoms. The summed E-state index contributed by atoms with van der Waals surface area (Å²) in [5.41, 5.74) is -1.86. The molecule has 1 fully saturated rings. The molecule has 1 N–H and O–H groups in total.